The molecule has 0 aliphatic rings. The lowest BCUT2D eigenvalue weighted by Crippen LogP contribution is -2.04. The van der Waals surface area contributed by atoms with E-state index in [1.54, 1.807) is 24.3 Å². The number of halogens is 1. The standard InChI is InChI=1S/C14H15FO2S/c1-10(16)13-3-2-12(15)8-14(13)17-6-4-11-5-7-18-9-11/h2-3,5,7-10,16H,4,6H2,1H3/t10-/m0/s1. The lowest BCUT2D eigenvalue weighted by atomic mass is 10.1. The van der Waals surface area contributed by atoms with Gasteiger partial charge in [0.25, 0.3) is 0 Å². The molecule has 1 atom stereocenters. The van der Waals surface area contributed by atoms with E-state index in [1.165, 1.54) is 17.7 Å². The third-order valence-electron chi connectivity index (χ3n) is 2.65. The zero-order chi connectivity index (χ0) is 13.0. The molecule has 0 saturated heterocycles. The third-order valence-corrected chi connectivity index (χ3v) is 3.39. The fourth-order valence-electron chi connectivity index (χ4n) is 1.69. The minimum atomic E-state index is -0.665. The number of aliphatic hydroxyl groups is 1. The fourth-order valence-corrected chi connectivity index (χ4v) is 2.40. The second kappa shape index (κ2) is 5.98. The van der Waals surface area contributed by atoms with Crippen LogP contribution in [0.15, 0.2) is 35.0 Å². The van der Waals surface area contributed by atoms with Gasteiger partial charge in [-0.2, -0.15) is 11.3 Å². The van der Waals surface area contributed by atoms with Crippen molar-refractivity contribution < 1.29 is 14.2 Å². The average Bonchev–Trinajstić information content (AvgIpc) is 2.82. The van der Waals surface area contributed by atoms with Gasteiger partial charge in [-0.1, -0.05) is 0 Å². The van der Waals surface area contributed by atoms with Gasteiger partial charge in [0.05, 0.1) is 12.7 Å². The molecular formula is C14H15FO2S. The highest BCUT2D eigenvalue weighted by Gasteiger charge is 2.10. The lowest BCUT2D eigenvalue weighted by Gasteiger charge is -2.13. The Kier molecular flexibility index (Phi) is 4.33. The summed E-state index contributed by atoms with van der Waals surface area (Å²) in [6.45, 7) is 2.11. The van der Waals surface area contributed by atoms with E-state index in [9.17, 15) is 9.50 Å². The summed E-state index contributed by atoms with van der Waals surface area (Å²) in [5.74, 6) is 0.0603. The first-order chi connectivity index (χ1) is 8.66. The number of thiophene rings is 1. The van der Waals surface area contributed by atoms with Crippen LogP contribution in [0.2, 0.25) is 0 Å². The Labute approximate surface area is 110 Å². The van der Waals surface area contributed by atoms with Crippen molar-refractivity contribution in [3.8, 4) is 5.75 Å². The molecule has 0 aliphatic heterocycles. The normalized spacial score (nSPS) is 12.4. The first-order valence-electron chi connectivity index (χ1n) is 5.78. The predicted molar refractivity (Wildman–Crippen MR) is 70.6 cm³/mol. The molecule has 18 heavy (non-hydrogen) atoms. The second-order valence-electron chi connectivity index (χ2n) is 4.09. The molecule has 2 nitrogen and oxygen atoms in total. The summed E-state index contributed by atoms with van der Waals surface area (Å²) in [6, 6.07) is 6.23. The predicted octanol–water partition coefficient (Wildman–Crippen LogP) is 3.56. The van der Waals surface area contributed by atoms with Crippen molar-refractivity contribution in [2.75, 3.05) is 6.61 Å². The highest BCUT2D eigenvalue weighted by atomic mass is 32.1. The van der Waals surface area contributed by atoms with Gasteiger partial charge in [0.1, 0.15) is 11.6 Å². The van der Waals surface area contributed by atoms with Crippen LogP contribution in [0.3, 0.4) is 0 Å². The van der Waals surface area contributed by atoms with Crippen LogP contribution < -0.4 is 4.74 Å². The Morgan fingerprint density at radius 3 is 2.89 bits per heavy atom. The van der Waals surface area contributed by atoms with E-state index in [4.69, 9.17) is 4.74 Å². The SMILES string of the molecule is C[C@H](O)c1ccc(F)cc1OCCc1ccsc1. The summed E-state index contributed by atoms with van der Waals surface area (Å²) in [4.78, 5) is 0. The van der Waals surface area contributed by atoms with Crippen molar-refractivity contribution >= 4 is 11.3 Å². The molecule has 1 aromatic carbocycles. The maximum absolute atomic E-state index is 13.2. The number of rotatable bonds is 5. The molecule has 0 saturated carbocycles. The van der Waals surface area contributed by atoms with Crippen LogP contribution in [-0.4, -0.2) is 11.7 Å². The van der Waals surface area contributed by atoms with Crippen LogP contribution in [-0.2, 0) is 6.42 Å². The highest BCUT2D eigenvalue weighted by molar-refractivity contribution is 7.07. The van der Waals surface area contributed by atoms with Gasteiger partial charge in [0, 0.05) is 18.1 Å². The van der Waals surface area contributed by atoms with E-state index in [2.05, 4.69) is 5.38 Å². The van der Waals surface area contributed by atoms with Gasteiger partial charge in [-0.3, -0.25) is 0 Å². The van der Waals surface area contributed by atoms with E-state index in [-0.39, 0.29) is 5.82 Å². The molecule has 1 heterocycles. The Hall–Kier alpha value is -1.39. The molecule has 0 unspecified atom stereocenters. The van der Waals surface area contributed by atoms with Crippen molar-refractivity contribution in [3.63, 3.8) is 0 Å². The largest absolute Gasteiger partial charge is 0.493 e. The van der Waals surface area contributed by atoms with Gasteiger partial charge in [-0.25, -0.2) is 4.39 Å². The first-order valence-corrected chi connectivity index (χ1v) is 6.72. The Balaban J connectivity index is 2.01. The maximum Gasteiger partial charge on any atom is 0.128 e. The molecule has 2 aromatic rings. The van der Waals surface area contributed by atoms with Crippen molar-refractivity contribution in [1.29, 1.82) is 0 Å². The molecule has 0 aliphatic carbocycles. The van der Waals surface area contributed by atoms with Gasteiger partial charge >= 0.3 is 0 Å². The summed E-state index contributed by atoms with van der Waals surface area (Å²) in [5, 5.41) is 13.7. The van der Waals surface area contributed by atoms with Crippen LogP contribution >= 0.6 is 11.3 Å². The van der Waals surface area contributed by atoms with Crippen molar-refractivity contribution in [2.24, 2.45) is 0 Å². The fraction of sp³-hybridized carbons (Fsp3) is 0.286. The highest BCUT2D eigenvalue weighted by Crippen LogP contribution is 2.26. The third kappa shape index (κ3) is 3.31. The molecule has 0 fully saturated rings. The molecule has 1 aromatic heterocycles. The number of ether oxygens (including phenoxy) is 1. The quantitative estimate of drug-likeness (QED) is 0.896. The van der Waals surface area contributed by atoms with Crippen LogP contribution in [0.5, 0.6) is 5.75 Å². The van der Waals surface area contributed by atoms with Crippen LogP contribution in [0.25, 0.3) is 0 Å². The molecule has 96 valence electrons. The molecule has 0 amide bonds. The number of hydrogen-bond donors (Lipinski definition) is 1. The monoisotopic (exact) mass is 266 g/mol. The smallest absolute Gasteiger partial charge is 0.128 e. The Bertz CT molecular complexity index is 495. The summed E-state index contributed by atoms with van der Waals surface area (Å²) >= 11 is 1.64. The zero-order valence-corrected chi connectivity index (χ0v) is 10.9. The zero-order valence-electron chi connectivity index (χ0n) is 10.1. The molecule has 0 spiro atoms. The molecule has 0 bridgehead atoms. The van der Waals surface area contributed by atoms with Gasteiger partial charge < -0.3 is 9.84 Å². The van der Waals surface area contributed by atoms with E-state index < -0.39 is 6.10 Å². The summed E-state index contributed by atoms with van der Waals surface area (Å²) < 4.78 is 18.7. The molecule has 4 heteroatoms. The van der Waals surface area contributed by atoms with Crippen molar-refractivity contribution in [2.45, 2.75) is 19.4 Å². The lowest BCUT2D eigenvalue weighted by molar-refractivity contribution is 0.191. The Morgan fingerprint density at radius 2 is 2.22 bits per heavy atom. The Morgan fingerprint density at radius 1 is 1.39 bits per heavy atom. The summed E-state index contributed by atoms with van der Waals surface area (Å²) in [7, 11) is 0. The maximum atomic E-state index is 13.2. The van der Waals surface area contributed by atoms with Gasteiger partial charge in [-0.15, -0.1) is 0 Å². The average molecular weight is 266 g/mol. The van der Waals surface area contributed by atoms with E-state index in [0.717, 1.165) is 6.42 Å². The number of benzene rings is 1. The van der Waals surface area contributed by atoms with Crippen LogP contribution in [0.4, 0.5) is 4.39 Å². The number of aliphatic hydroxyl groups excluding tert-OH is 1. The van der Waals surface area contributed by atoms with Crippen LogP contribution in [0.1, 0.15) is 24.2 Å². The summed E-state index contributed by atoms with van der Waals surface area (Å²) in [5.41, 5.74) is 1.82. The molecule has 2 rings (SSSR count). The van der Waals surface area contributed by atoms with E-state index >= 15 is 0 Å². The minimum absolute atomic E-state index is 0.357. The van der Waals surface area contributed by atoms with Gasteiger partial charge in [0.2, 0.25) is 0 Å². The molecule has 0 radical (unpaired) electrons. The van der Waals surface area contributed by atoms with Crippen molar-refractivity contribution in [1.82, 2.24) is 0 Å². The second-order valence-corrected chi connectivity index (χ2v) is 4.87. The number of hydrogen-bond acceptors (Lipinski definition) is 3. The van der Waals surface area contributed by atoms with E-state index in [1.807, 2.05) is 11.4 Å². The van der Waals surface area contributed by atoms with Crippen molar-refractivity contribution in [3.05, 3.63) is 52.0 Å². The molecular weight excluding hydrogens is 251 g/mol. The van der Waals surface area contributed by atoms with E-state index in [0.29, 0.717) is 17.9 Å². The first kappa shape index (κ1) is 13.1. The van der Waals surface area contributed by atoms with Gasteiger partial charge in [0.15, 0.2) is 0 Å². The van der Waals surface area contributed by atoms with Crippen LogP contribution in [0, 0.1) is 5.82 Å². The molecule has 1 N–H and O–H groups in total. The summed E-state index contributed by atoms with van der Waals surface area (Å²) in [6.07, 6.45) is 0.112. The topological polar surface area (TPSA) is 29.5 Å². The minimum Gasteiger partial charge on any atom is -0.493 e. The van der Waals surface area contributed by atoms with Gasteiger partial charge in [-0.05, 0) is 41.4 Å².